The maximum atomic E-state index is 12.2. The molecule has 28 heavy (non-hydrogen) atoms. The van der Waals surface area contributed by atoms with Crippen LogP contribution in [0.2, 0.25) is 0 Å². The van der Waals surface area contributed by atoms with E-state index in [4.69, 9.17) is 9.47 Å². The van der Waals surface area contributed by atoms with Crippen molar-refractivity contribution in [3.8, 4) is 0 Å². The molecule has 0 spiro atoms. The number of aliphatic carboxylic acids is 1. The van der Waals surface area contributed by atoms with Gasteiger partial charge < -0.3 is 14.6 Å². The van der Waals surface area contributed by atoms with Gasteiger partial charge in [0.15, 0.2) is 12.1 Å². The Morgan fingerprint density at radius 2 is 1.93 bits per heavy atom. The van der Waals surface area contributed by atoms with E-state index in [0.29, 0.717) is 30.6 Å². The van der Waals surface area contributed by atoms with Gasteiger partial charge in [0.1, 0.15) is 0 Å². The van der Waals surface area contributed by atoms with Gasteiger partial charge in [0.25, 0.3) is 0 Å². The Bertz CT molecular complexity index is 668. The zero-order valence-electron chi connectivity index (χ0n) is 17.4. The number of hydrogen-bond donors (Lipinski definition) is 1. The molecule has 3 fully saturated rings. The molecule has 0 radical (unpaired) electrons. The van der Waals surface area contributed by atoms with Crippen molar-refractivity contribution in [1.82, 2.24) is 0 Å². The van der Waals surface area contributed by atoms with Crippen LogP contribution in [0.25, 0.3) is 0 Å². The smallest absolute Gasteiger partial charge is 0.303 e. The predicted octanol–water partition coefficient (Wildman–Crippen LogP) is 4.06. The lowest BCUT2D eigenvalue weighted by molar-refractivity contribution is -0.230. The Morgan fingerprint density at radius 1 is 1.18 bits per heavy atom. The number of carboxylic acid groups (broad SMARTS) is 1. The van der Waals surface area contributed by atoms with Crippen molar-refractivity contribution >= 4 is 11.8 Å². The van der Waals surface area contributed by atoms with Crippen LogP contribution in [0.4, 0.5) is 0 Å². The molecule has 0 aliphatic heterocycles. The van der Waals surface area contributed by atoms with E-state index in [9.17, 15) is 14.7 Å². The van der Waals surface area contributed by atoms with E-state index in [1.165, 1.54) is 0 Å². The van der Waals surface area contributed by atoms with Crippen LogP contribution in [0.3, 0.4) is 0 Å². The number of carbonyl (C=O) groups is 2. The summed E-state index contributed by atoms with van der Waals surface area (Å²) in [5.41, 5.74) is -0.121. The maximum Gasteiger partial charge on any atom is 0.303 e. The summed E-state index contributed by atoms with van der Waals surface area (Å²) >= 11 is 0. The minimum atomic E-state index is -0.665. The number of ketones is 1. The van der Waals surface area contributed by atoms with Crippen LogP contribution in [0.1, 0.15) is 58.3 Å². The molecule has 4 rings (SSSR count). The minimum absolute atomic E-state index is 0.122. The highest BCUT2D eigenvalue weighted by atomic mass is 16.7. The highest BCUT2D eigenvalue weighted by Crippen LogP contribution is 2.67. The molecule has 1 N–H and O–H groups in total. The topological polar surface area (TPSA) is 72.8 Å². The number of carbonyl (C=O) groups excluding carboxylic acids is 1. The molecule has 7 unspecified atom stereocenters. The van der Waals surface area contributed by atoms with Crippen LogP contribution in [-0.4, -0.2) is 37.4 Å². The molecule has 3 saturated carbocycles. The quantitative estimate of drug-likeness (QED) is 0.717. The first-order chi connectivity index (χ1) is 13.4. The molecule has 7 atom stereocenters. The molecule has 0 aromatic heterocycles. The number of fused-ring (bicyclic) bond motifs is 5. The average Bonchev–Trinajstić information content (AvgIpc) is 2.98. The summed E-state index contributed by atoms with van der Waals surface area (Å²) in [6.45, 7) is 2.34. The van der Waals surface area contributed by atoms with Gasteiger partial charge in [0.2, 0.25) is 0 Å². The minimum Gasteiger partial charge on any atom is -0.481 e. The zero-order valence-corrected chi connectivity index (χ0v) is 17.4. The largest absolute Gasteiger partial charge is 0.481 e. The van der Waals surface area contributed by atoms with Crippen molar-refractivity contribution in [2.24, 2.45) is 40.4 Å². The maximum absolute atomic E-state index is 12.2. The first-order valence-electron chi connectivity index (χ1n) is 10.9. The fraction of sp³-hybridized carbons (Fsp3) is 0.826. The van der Waals surface area contributed by atoms with Crippen molar-refractivity contribution in [3.63, 3.8) is 0 Å². The van der Waals surface area contributed by atoms with Crippen molar-refractivity contribution < 1.29 is 24.2 Å². The third kappa shape index (κ3) is 2.80. The summed E-state index contributed by atoms with van der Waals surface area (Å²) in [6.07, 6.45) is 10.9. The highest BCUT2D eigenvalue weighted by Gasteiger charge is 2.63. The van der Waals surface area contributed by atoms with Gasteiger partial charge in [-0.15, -0.1) is 0 Å². The fourth-order valence-electron chi connectivity index (χ4n) is 7.95. The predicted molar refractivity (Wildman–Crippen MR) is 105 cm³/mol. The SMILES string of the molecule is COC(OC)C12C=CC(=O)CC1CCC1C3CCC(CC(=O)O)C3(C)CCC12. The van der Waals surface area contributed by atoms with Crippen LogP contribution >= 0.6 is 0 Å². The molecule has 4 aliphatic rings. The lowest BCUT2D eigenvalue weighted by Crippen LogP contribution is -2.58. The second kappa shape index (κ2) is 7.24. The van der Waals surface area contributed by atoms with Crippen molar-refractivity contribution in [1.29, 1.82) is 0 Å². The number of ether oxygens (including phenoxy) is 2. The molecular weight excluding hydrogens is 356 g/mol. The number of allylic oxidation sites excluding steroid dienone is 1. The third-order valence-corrected chi connectivity index (χ3v) is 9.09. The Balaban J connectivity index is 1.70. The Morgan fingerprint density at radius 3 is 2.61 bits per heavy atom. The first kappa shape index (κ1) is 20.1. The second-order valence-electron chi connectivity index (χ2n) is 9.87. The van der Waals surface area contributed by atoms with Gasteiger partial charge in [-0.2, -0.15) is 0 Å². The van der Waals surface area contributed by atoms with Gasteiger partial charge in [-0.25, -0.2) is 0 Å². The molecule has 0 aromatic carbocycles. The monoisotopic (exact) mass is 390 g/mol. The second-order valence-corrected chi connectivity index (χ2v) is 9.87. The first-order valence-corrected chi connectivity index (χ1v) is 10.9. The van der Waals surface area contributed by atoms with E-state index in [2.05, 4.69) is 13.0 Å². The molecule has 5 nitrogen and oxygen atoms in total. The average molecular weight is 391 g/mol. The van der Waals surface area contributed by atoms with Crippen LogP contribution < -0.4 is 0 Å². The van der Waals surface area contributed by atoms with E-state index in [1.54, 1.807) is 20.3 Å². The molecular formula is C23H34O5. The lowest BCUT2D eigenvalue weighted by Gasteiger charge is -2.61. The van der Waals surface area contributed by atoms with Crippen LogP contribution in [0, 0.1) is 40.4 Å². The van der Waals surface area contributed by atoms with Gasteiger partial charge >= 0.3 is 5.97 Å². The molecule has 0 saturated heterocycles. The summed E-state index contributed by atoms with van der Waals surface area (Å²) in [5, 5.41) is 9.39. The van der Waals surface area contributed by atoms with Crippen molar-refractivity contribution in [2.45, 2.75) is 64.6 Å². The van der Waals surface area contributed by atoms with Crippen LogP contribution in [0.15, 0.2) is 12.2 Å². The third-order valence-electron chi connectivity index (χ3n) is 9.09. The van der Waals surface area contributed by atoms with Crippen LogP contribution in [0.5, 0.6) is 0 Å². The highest BCUT2D eigenvalue weighted by molar-refractivity contribution is 5.91. The Kier molecular flexibility index (Phi) is 5.20. The number of methoxy groups -OCH3 is 2. The number of carboxylic acids is 1. The van der Waals surface area contributed by atoms with E-state index in [0.717, 1.165) is 38.5 Å². The van der Waals surface area contributed by atoms with Gasteiger partial charge in [0, 0.05) is 32.5 Å². The Hall–Kier alpha value is -1.20. The number of rotatable bonds is 5. The summed E-state index contributed by atoms with van der Waals surface area (Å²) in [5.74, 6) is 1.66. The van der Waals surface area contributed by atoms with E-state index in [1.807, 2.05) is 0 Å². The van der Waals surface area contributed by atoms with E-state index >= 15 is 0 Å². The Labute approximate surface area is 167 Å². The summed E-state index contributed by atoms with van der Waals surface area (Å²) in [4.78, 5) is 23.6. The van der Waals surface area contributed by atoms with Crippen molar-refractivity contribution in [2.75, 3.05) is 14.2 Å². The lowest BCUT2D eigenvalue weighted by atomic mass is 9.45. The van der Waals surface area contributed by atoms with Gasteiger partial charge in [0.05, 0.1) is 0 Å². The molecule has 156 valence electrons. The molecule has 0 bridgehead atoms. The zero-order chi connectivity index (χ0) is 20.1. The van der Waals surface area contributed by atoms with Crippen molar-refractivity contribution in [3.05, 3.63) is 12.2 Å². The van der Waals surface area contributed by atoms with E-state index in [-0.39, 0.29) is 34.7 Å². The normalized spacial score (nSPS) is 44.9. The molecule has 5 heteroatoms. The molecule has 0 aromatic rings. The summed E-state index contributed by atoms with van der Waals surface area (Å²) in [6, 6.07) is 0. The van der Waals surface area contributed by atoms with Gasteiger partial charge in [-0.05, 0) is 79.6 Å². The summed E-state index contributed by atoms with van der Waals surface area (Å²) in [7, 11) is 3.42. The standard InChI is InChI=1S/C23H34O5/c1-22-10-9-19-17(18(22)7-5-14(22)13-20(25)26)6-4-15-12-16(24)8-11-23(15,19)21(27-2)28-3/h8,11,14-15,17-19,21H,4-7,9-10,12-13H2,1-3H3,(H,25,26). The van der Waals surface area contributed by atoms with Gasteiger partial charge in [-0.3, -0.25) is 9.59 Å². The fourth-order valence-corrected chi connectivity index (χ4v) is 7.95. The molecule has 4 aliphatic carbocycles. The molecule has 0 heterocycles. The van der Waals surface area contributed by atoms with Gasteiger partial charge in [-0.1, -0.05) is 13.0 Å². The molecule has 0 amide bonds. The van der Waals surface area contributed by atoms with E-state index < -0.39 is 5.97 Å². The number of hydrogen-bond acceptors (Lipinski definition) is 4. The van der Waals surface area contributed by atoms with Crippen LogP contribution in [-0.2, 0) is 19.1 Å². The summed E-state index contributed by atoms with van der Waals surface area (Å²) < 4.78 is 11.7.